The van der Waals surface area contributed by atoms with Crippen molar-refractivity contribution in [3.8, 4) is 0 Å². The number of rotatable bonds is 4. The molecule has 106 valence electrons. The second-order valence-electron chi connectivity index (χ2n) is 5.46. The molecule has 1 amide bonds. The molecule has 0 atom stereocenters. The van der Waals surface area contributed by atoms with Crippen LogP contribution in [0.5, 0.6) is 0 Å². The minimum Gasteiger partial charge on any atom is -0.455 e. The van der Waals surface area contributed by atoms with Crippen LogP contribution in [-0.2, 0) is 6.54 Å². The maximum Gasteiger partial charge on any atom is 0.289 e. The molecule has 1 fully saturated rings. The number of hydrogen-bond acceptors (Lipinski definition) is 4. The van der Waals surface area contributed by atoms with Gasteiger partial charge in [0.25, 0.3) is 5.91 Å². The molecule has 2 rings (SSSR count). The molecule has 0 aromatic carbocycles. The fourth-order valence-corrected chi connectivity index (χ4v) is 2.41. The van der Waals surface area contributed by atoms with Crippen LogP contribution in [0.2, 0.25) is 0 Å². The van der Waals surface area contributed by atoms with E-state index in [-0.39, 0.29) is 5.91 Å². The summed E-state index contributed by atoms with van der Waals surface area (Å²) in [4.78, 5) is 16.5. The average molecular weight is 265 g/mol. The van der Waals surface area contributed by atoms with Gasteiger partial charge in [-0.25, -0.2) is 0 Å². The predicted octanol–water partition coefficient (Wildman–Crippen LogP) is 1.15. The average Bonchev–Trinajstić information content (AvgIpc) is 2.87. The second-order valence-corrected chi connectivity index (χ2v) is 5.46. The SMILES string of the molecule is CC(C)CN1CCN(C(=O)c2ccc(CN)o2)CC1. The smallest absolute Gasteiger partial charge is 0.289 e. The van der Waals surface area contributed by atoms with Crippen molar-refractivity contribution in [1.29, 1.82) is 0 Å². The van der Waals surface area contributed by atoms with Crippen molar-refractivity contribution in [2.45, 2.75) is 20.4 Å². The van der Waals surface area contributed by atoms with Crippen LogP contribution >= 0.6 is 0 Å². The number of carbonyl (C=O) groups excluding carboxylic acids is 1. The van der Waals surface area contributed by atoms with E-state index >= 15 is 0 Å². The molecule has 0 spiro atoms. The molecule has 1 aliphatic rings. The van der Waals surface area contributed by atoms with Gasteiger partial charge in [0, 0.05) is 32.7 Å². The van der Waals surface area contributed by atoms with Gasteiger partial charge in [-0.05, 0) is 18.1 Å². The van der Waals surface area contributed by atoms with Gasteiger partial charge in [-0.2, -0.15) is 0 Å². The van der Waals surface area contributed by atoms with E-state index in [1.165, 1.54) is 0 Å². The maximum atomic E-state index is 12.2. The molecular formula is C14H23N3O2. The van der Waals surface area contributed by atoms with Gasteiger partial charge in [0.15, 0.2) is 5.76 Å². The predicted molar refractivity (Wildman–Crippen MR) is 73.8 cm³/mol. The van der Waals surface area contributed by atoms with E-state index < -0.39 is 0 Å². The molecule has 2 heterocycles. The van der Waals surface area contributed by atoms with Crippen LogP contribution in [0.15, 0.2) is 16.5 Å². The first-order valence-electron chi connectivity index (χ1n) is 6.90. The van der Waals surface area contributed by atoms with Crippen molar-refractivity contribution >= 4 is 5.91 Å². The first-order valence-corrected chi connectivity index (χ1v) is 6.90. The number of amides is 1. The number of nitrogens with two attached hydrogens (primary N) is 1. The Labute approximate surface area is 114 Å². The fourth-order valence-electron chi connectivity index (χ4n) is 2.41. The molecule has 0 saturated carbocycles. The highest BCUT2D eigenvalue weighted by atomic mass is 16.4. The summed E-state index contributed by atoms with van der Waals surface area (Å²) in [7, 11) is 0. The highest BCUT2D eigenvalue weighted by Crippen LogP contribution is 2.13. The lowest BCUT2D eigenvalue weighted by atomic mass is 10.2. The zero-order valence-electron chi connectivity index (χ0n) is 11.8. The summed E-state index contributed by atoms with van der Waals surface area (Å²) in [6.45, 7) is 9.27. The highest BCUT2D eigenvalue weighted by molar-refractivity contribution is 5.91. The minimum atomic E-state index is -0.0242. The van der Waals surface area contributed by atoms with E-state index in [2.05, 4.69) is 18.7 Å². The monoisotopic (exact) mass is 265 g/mol. The number of carbonyl (C=O) groups is 1. The Morgan fingerprint density at radius 3 is 2.53 bits per heavy atom. The zero-order valence-corrected chi connectivity index (χ0v) is 11.8. The number of hydrogen-bond donors (Lipinski definition) is 1. The minimum absolute atomic E-state index is 0.0242. The van der Waals surface area contributed by atoms with Crippen LogP contribution in [0.4, 0.5) is 0 Å². The lowest BCUT2D eigenvalue weighted by Crippen LogP contribution is -2.49. The summed E-state index contributed by atoms with van der Waals surface area (Å²) in [5, 5.41) is 0. The Morgan fingerprint density at radius 2 is 2.00 bits per heavy atom. The highest BCUT2D eigenvalue weighted by Gasteiger charge is 2.24. The van der Waals surface area contributed by atoms with Gasteiger partial charge < -0.3 is 15.1 Å². The summed E-state index contributed by atoms with van der Waals surface area (Å²) in [5.41, 5.74) is 5.48. The van der Waals surface area contributed by atoms with Crippen molar-refractivity contribution < 1.29 is 9.21 Å². The van der Waals surface area contributed by atoms with E-state index in [0.29, 0.717) is 24.0 Å². The normalized spacial score (nSPS) is 17.2. The van der Waals surface area contributed by atoms with Crippen LogP contribution in [0.1, 0.15) is 30.2 Å². The molecule has 2 N–H and O–H groups in total. The molecule has 0 radical (unpaired) electrons. The van der Waals surface area contributed by atoms with Crippen LogP contribution in [-0.4, -0.2) is 48.4 Å². The van der Waals surface area contributed by atoms with Gasteiger partial charge in [-0.1, -0.05) is 13.8 Å². The molecule has 5 nitrogen and oxygen atoms in total. The van der Waals surface area contributed by atoms with Gasteiger partial charge in [0.1, 0.15) is 5.76 Å². The van der Waals surface area contributed by atoms with E-state index in [1.54, 1.807) is 12.1 Å². The maximum absolute atomic E-state index is 12.2. The van der Waals surface area contributed by atoms with Crippen LogP contribution in [0.25, 0.3) is 0 Å². The third-order valence-electron chi connectivity index (χ3n) is 3.36. The molecule has 0 aliphatic carbocycles. The third-order valence-corrected chi connectivity index (χ3v) is 3.36. The van der Waals surface area contributed by atoms with E-state index in [1.807, 2.05) is 4.90 Å². The van der Waals surface area contributed by atoms with Gasteiger partial charge in [-0.15, -0.1) is 0 Å². The molecule has 1 saturated heterocycles. The summed E-state index contributed by atoms with van der Waals surface area (Å²) in [6, 6.07) is 3.48. The first kappa shape index (κ1) is 14.1. The van der Waals surface area contributed by atoms with Gasteiger partial charge in [-0.3, -0.25) is 9.69 Å². The van der Waals surface area contributed by atoms with Gasteiger partial charge >= 0.3 is 0 Å². The second kappa shape index (κ2) is 6.21. The Balaban J connectivity index is 1.88. The third kappa shape index (κ3) is 3.58. The van der Waals surface area contributed by atoms with Crippen molar-refractivity contribution in [1.82, 2.24) is 9.80 Å². The van der Waals surface area contributed by atoms with Gasteiger partial charge in [0.05, 0.1) is 6.54 Å². The number of nitrogens with zero attached hydrogens (tertiary/aromatic N) is 2. The molecule has 1 aromatic rings. The topological polar surface area (TPSA) is 62.7 Å². The van der Waals surface area contributed by atoms with Crippen molar-refractivity contribution in [2.75, 3.05) is 32.7 Å². The van der Waals surface area contributed by atoms with Crippen molar-refractivity contribution in [3.63, 3.8) is 0 Å². The molecule has 0 unspecified atom stereocenters. The van der Waals surface area contributed by atoms with Crippen LogP contribution < -0.4 is 5.73 Å². The summed E-state index contributed by atoms with van der Waals surface area (Å²) in [5.74, 6) is 1.70. The molecule has 19 heavy (non-hydrogen) atoms. The summed E-state index contributed by atoms with van der Waals surface area (Å²) < 4.78 is 5.41. The van der Waals surface area contributed by atoms with Crippen LogP contribution in [0.3, 0.4) is 0 Å². The quantitative estimate of drug-likeness (QED) is 0.887. The van der Waals surface area contributed by atoms with E-state index in [9.17, 15) is 4.79 Å². The molecule has 5 heteroatoms. The first-order chi connectivity index (χ1) is 9.10. The molecular weight excluding hydrogens is 242 g/mol. The Bertz CT molecular complexity index is 420. The van der Waals surface area contributed by atoms with Gasteiger partial charge in [0.2, 0.25) is 0 Å². The molecule has 0 bridgehead atoms. The summed E-state index contributed by atoms with van der Waals surface area (Å²) >= 11 is 0. The van der Waals surface area contributed by atoms with E-state index in [0.717, 1.165) is 32.7 Å². The Hall–Kier alpha value is -1.33. The number of piperazine rings is 1. The lowest BCUT2D eigenvalue weighted by Gasteiger charge is -2.35. The van der Waals surface area contributed by atoms with E-state index in [4.69, 9.17) is 10.2 Å². The molecule has 1 aromatic heterocycles. The van der Waals surface area contributed by atoms with Crippen molar-refractivity contribution in [3.05, 3.63) is 23.7 Å². The van der Waals surface area contributed by atoms with Crippen LogP contribution in [0, 0.1) is 5.92 Å². The largest absolute Gasteiger partial charge is 0.455 e. The van der Waals surface area contributed by atoms with Crippen molar-refractivity contribution in [2.24, 2.45) is 11.7 Å². The summed E-state index contributed by atoms with van der Waals surface area (Å²) in [6.07, 6.45) is 0. The zero-order chi connectivity index (χ0) is 13.8. The standard InChI is InChI=1S/C14H23N3O2/c1-11(2)10-16-5-7-17(8-6-16)14(18)13-4-3-12(9-15)19-13/h3-4,11H,5-10,15H2,1-2H3. The lowest BCUT2D eigenvalue weighted by molar-refractivity contribution is 0.0591. The Morgan fingerprint density at radius 1 is 1.32 bits per heavy atom. The number of furan rings is 1. The Kier molecular flexibility index (Phi) is 4.61. The molecule has 1 aliphatic heterocycles. The fraction of sp³-hybridized carbons (Fsp3) is 0.643.